The number of hydrogen-bond acceptors (Lipinski definition) is 3. The minimum atomic E-state index is -0.269. The van der Waals surface area contributed by atoms with Crippen LogP contribution in [0.2, 0.25) is 0 Å². The van der Waals surface area contributed by atoms with Crippen LogP contribution in [-0.4, -0.2) is 7.11 Å². The van der Waals surface area contributed by atoms with Gasteiger partial charge in [0, 0.05) is 12.6 Å². The summed E-state index contributed by atoms with van der Waals surface area (Å²) in [4.78, 5) is 0. The molecule has 4 heteroatoms. The highest BCUT2D eigenvalue weighted by molar-refractivity contribution is 5.38. The average Bonchev–Trinajstić information content (AvgIpc) is 2.44. The van der Waals surface area contributed by atoms with Crippen LogP contribution in [0.4, 0.5) is 4.39 Å². The van der Waals surface area contributed by atoms with Gasteiger partial charge in [-0.2, -0.15) is 0 Å². The maximum absolute atomic E-state index is 13.0. The fourth-order valence-corrected chi connectivity index (χ4v) is 1.74. The lowest BCUT2D eigenvalue weighted by Gasteiger charge is -2.10. The van der Waals surface area contributed by atoms with E-state index in [1.807, 2.05) is 18.2 Å². The summed E-state index contributed by atoms with van der Waals surface area (Å²) in [6, 6.07) is 11.8. The second kappa shape index (κ2) is 6.20. The molecule has 0 heterocycles. The third kappa shape index (κ3) is 3.69. The highest BCUT2D eigenvalue weighted by Gasteiger charge is 2.03. The zero-order chi connectivity index (χ0) is 13.7. The van der Waals surface area contributed by atoms with Gasteiger partial charge in [0.25, 0.3) is 0 Å². The van der Waals surface area contributed by atoms with E-state index in [0.29, 0.717) is 24.7 Å². The smallest absolute Gasteiger partial charge is 0.123 e. The number of methoxy groups -OCH3 is 1. The Morgan fingerprint density at radius 1 is 1.05 bits per heavy atom. The summed E-state index contributed by atoms with van der Waals surface area (Å²) in [7, 11) is 1.59. The first kappa shape index (κ1) is 13.4. The zero-order valence-corrected chi connectivity index (χ0v) is 10.7. The zero-order valence-electron chi connectivity index (χ0n) is 10.7. The van der Waals surface area contributed by atoms with Crippen LogP contribution in [0.5, 0.6) is 11.5 Å². The molecule has 0 saturated carbocycles. The predicted octanol–water partition coefficient (Wildman–Crippen LogP) is 2.87. The molecule has 0 atom stereocenters. The molecule has 0 unspecified atom stereocenters. The minimum absolute atomic E-state index is 0.269. The molecule has 0 spiro atoms. The van der Waals surface area contributed by atoms with Gasteiger partial charge >= 0.3 is 0 Å². The lowest BCUT2D eigenvalue weighted by Crippen LogP contribution is -2.00. The Hall–Kier alpha value is -2.07. The molecule has 100 valence electrons. The van der Waals surface area contributed by atoms with Gasteiger partial charge in [-0.05, 0) is 35.4 Å². The Bertz CT molecular complexity index is 535. The Labute approximate surface area is 111 Å². The van der Waals surface area contributed by atoms with E-state index in [1.54, 1.807) is 19.2 Å². The molecule has 3 nitrogen and oxygen atoms in total. The van der Waals surface area contributed by atoms with Gasteiger partial charge in [-0.1, -0.05) is 12.1 Å². The third-order valence-electron chi connectivity index (χ3n) is 2.71. The molecular formula is C15H16FNO2. The Balaban J connectivity index is 2.10. The van der Waals surface area contributed by atoms with Crippen molar-refractivity contribution >= 4 is 0 Å². The van der Waals surface area contributed by atoms with E-state index >= 15 is 0 Å². The van der Waals surface area contributed by atoms with Gasteiger partial charge in [-0.15, -0.1) is 0 Å². The third-order valence-corrected chi connectivity index (χ3v) is 2.71. The Morgan fingerprint density at radius 2 is 1.84 bits per heavy atom. The largest absolute Gasteiger partial charge is 0.497 e. The summed E-state index contributed by atoms with van der Waals surface area (Å²) in [5.74, 6) is 1.08. The van der Waals surface area contributed by atoms with Gasteiger partial charge < -0.3 is 15.2 Å². The summed E-state index contributed by atoms with van der Waals surface area (Å²) >= 11 is 0. The Kier molecular flexibility index (Phi) is 4.36. The minimum Gasteiger partial charge on any atom is -0.497 e. The van der Waals surface area contributed by atoms with Crippen molar-refractivity contribution in [1.29, 1.82) is 0 Å². The fourth-order valence-electron chi connectivity index (χ4n) is 1.74. The van der Waals surface area contributed by atoms with Crippen LogP contribution >= 0.6 is 0 Å². The van der Waals surface area contributed by atoms with Crippen molar-refractivity contribution in [3.05, 3.63) is 59.4 Å². The van der Waals surface area contributed by atoms with Crippen LogP contribution in [0.15, 0.2) is 42.5 Å². The van der Waals surface area contributed by atoms with Gasteiger partial charge in [-0.25, -0.2) is 4.39 Å². The van der Waals surface area contributed by atoms with Crippen molar-refractivity contribution in [3.63, 3.8) is 0 Å². The Morgan fingerprint density at radius 3 is 2.53 bits per heavy atom. The molecule has 0 radical (unpaired) electrons. The fraction of sp³-hybridized carbons (Fsp3) is 0.200. The molecule has 0 saturated heterocycles. The summed E-state index contributed by atoms with van der Waals surface area (Å²) in [5, 5.41) is 0. The molecule has 0 aliphatic carbocycles. The highest BCUT2D eigenvalue weighted by atomic mass is 19.1. The lowest BCUT2D eigenvalue weighted by atomic mass is 10.2. The van der Waals surface area contributed by atoms with Crippen molar-refractivity contribution in [2.45, 2.75) is 13.2 Å². The number of halogens is 1. The van der Waals surface area contributed by atoms with E-state index in [1.165, 1.54) is 12.1 Å². The molecule has 0 aliphatic rings. The predicted molar refractivity (Wildman–Crippen MR) is 71.6 cm³/mol. The topological polar surface area (TPSA) is 44.5 Å². The van der Waals surface area contributed by atoms with E-state index in [9.17, 15) is 4.39 Å². The first-order chi connectivity index (χ1) is 9.21. The second-order valence-electron chi connectivity index (χ2n) is 4.14. The molecule has 0 aromatic heterocycles. The van der Waals surface area contributed by atoms with Crippen LogP contribution in [0.1, 0.15) is 11.1 Å². The number of ether oxygens (including phenoxy) is 2. The molecule has 2 rings (SSSR count). The summed E-state index contributed by atoms with van der Waals surface area (Å²) in [6.07, 6.45) is 0. The van der Waals surface area contributed by atoms with Gasteiger partial charge in [-0.3, -0.25) is 0 Å². The molecule has 0 amide bonds. The van der Waals surface area contributed by atoms with Gasteiger partial charge in [0.05, 0.1) is 7.11 Å². The van der Waals surface area contributed by atoms with E-state index in [2.05, 4.69) is 0 Å². The van der Waals surface area contributed by atoms with Gasteiger partial charge in [0.2, 0.25) is 0 Å². The lowest BCUT2D eigenvalue weighted by molar-refractivity contribution is 0.302. The van der Waals surface area contributed by atoms with Gasteiger partial charge in [0.1, 0.15) is 23.9 Å². The van der Waals surface area contributed by atoms with E-state index in [0.717, 1.165) is 11.1 Å². The quantitative estimate of drug-likeness (QED) is 0.900. The highest BCUT2D eigenvalue weighted by Crippen LogP contribution is 2.23. The van der Waals surface area contributed by atoms with Crippen molar-refractivity contribution in [2.24, 2.45) is 5.73 Å². The molecule has 2 aromatic carbocycles. The van der Waals surface area contributed by atoms with Crippen LogP contribution < -0.4 is 15.2 Å². The number of benzene rings is 2. The van der Waals surface area contributed by atoms with Crippen molar-refractivity contribution in [1.82, 2.24) is 0 Å². The van der Waals surface area contributed by atoms with E-state index in [4.69, 9.17) is 15.2 Å². The number of hydrogen-bond donors (Lipinski definition) is 1. The van der Waals surface area contributed by atoms with Crippen LogP contribution in [-0.2, 0) is 13.2 Å². The molecule has 2 aromatic rings. The first-order valence-corrected chi connectivity index (χ1v) is 5.96. The second-order valence-corrected chi connectivity index (χ2v) is 4.14. The van der Waals surface area contributed by atoms with Crippen molar-refractivity contribution in [2.75, 3.05) is 7.11 Å². The summed E-state index contributed by atoms with van der Waals surface area (Å²) in [6.45, 7) is 0.711. The molecule has 0 aliphatic heterocycles. The monoisotopic (exact) mass is 261 g/mol. The maximum atomic E-state index is 13.0. The first-order valence-electron chi connectivity index (χ1n) is 5.96. The SMILES string of the molecule is COc1cc(CN)cc(OCc2cccc(F)c2)c1. The number of rotatable bonds is 5. The normalized spacial score (nSPS) is 10.3. The molecule has 2 N–H and O–H groups in total. The number of nitrogens with two attached hydrogens (primary N) is 1. The molecule has 0 fully saturated rings. The van der Waals surface area contributed by atoms with Crippen LogP contribution in [0.3, 0.4) is 0 Å². The maximum Gasteiger partial charge on any atom is 0.123 e. The van der Waals surface area contributed by atoms with Crippen LogP contribution in [0, 0.1) is 5.82 Å². The van der Waals surface area contributed by atoms with Crippen molar-refractivity contribution < 1.29 is 13.9 Å². The molecular weight excluding hydrogens is 245 g/mol. The standard InChI is InChI=1S/C15H16FNO2/c1-18-14-6-12(9-17)7-15(8-14)19-10-11-3-2-4-13(16)5-11/h2-8H,9-10,17H2,1H3. The molecule has 19 heavy (non-hydrogen) atoms. The van der Waals surface area contributed by atoms with E-state index < -0.39 is 0 Å². The summed E-state index contributed by atoms with van der Waals surface area (Å²) < 4.78 is 23.8. The summed E-state index contributed by atoms with van der Waals surface area (Å²) in [5.41, 5.74) is 7.31. The van der Waals surface area contributed by atoms with Crippen LogP contribution in [0.25, 0.3) is 0 Å². The van der Waals surface area contributed by atoms with Gasteiger partial charge in [0.15, 0.2) is 0 Å². The molecule has 0 bridgehead atoms. The van der Waals surface area contributed by atoms with Crippen molar-refractivity contribution in [3.8, 4) is 11.5 Å². The van der Waals surface area contributed by atoms with E-state index in [-0.39, 0.29) is 5.82 Å². The average molecular weight is 261 g/mol.